The van der Waals surface area contributed by atoms with E-state index in [9.17, 15) is 4.39 Å². The first-order chi connectivity index (χ1) is 7.17. The summed E-state index contributed by atoms with van der Waals surface area (Å²) in [5, 5.41) is 20.4. The molecule has 1 unspecified atom stereocenters. The summed E-state index contributed by atoms with van der Waals surface area (Å²) >= 11 is 5.66. The summed E-state index contributed by atoms with van der Waals surface area (Å²) in [7, 11) is 0. The van der Waals surface area contributed by atoms with Crippen LogP contribution in [0.4, 0.5) is 4.39 Å². The number of nitrogens with zero attached hydrogens (tertiary/aromatic N) is 1. The molecule has 80 valence electrons. The first kappa shape index (κ1) is 11.9. The summed E-state index contributed by atoms with van der Waals surface area (Å²) < 4.78 is 13.0. The molecule has 0 spiro atoms. The van der Waals surface area contributed by atoms with Gasteiger partial charge in [-0.25, -0.2) is 4.39 Å². The molecule has 0 bridgehead atoms. The lowest BCUT2D eigenvalue weighted by Gasteiger charge is -2.11. The Hall–Kier alpha value is -1.15. The van der Waals surface area contributed by atoms with Gasteiger partial charge in [-0.3, -0.25) is 5.32 Å². The molecule has 15 heavy (non-hydrogen) atoms. The first-order valence-electron chi connectivity index (χ1n) is 4.37. The Labute approximate surface area is 92.1 Å². The van der Waals surface area contributed by atoms with E-state index in [4.69, 9.17) is 22.0 Å². The Morgan fingerprint density at radius 3 is 2.80 bits per heavy atom. The number of hydrogen-bond donors (Lipinski definition) is 2. The fourth-order valence-corrected chi connectivity index (χ4v) is 1.42. The normalized spacial score (nSPS) is 12.1. The maximum Gasteiger partial charge on any atom is 0.125 e. The van der Waals surface area contributed by atoms with Crippen LogP contribution in [0, 0.1) is 17.1 Å². The molecule has 0 aromatic heterocycles. The molecule has 0 fully saturated rings. The summed E-state index contributed by atoms with van der Waals surface area (Å²) in [5.41, 5.74) is 0.455. The van der Waals surface area contributed by atoms with Crippen molar-refractivity contribution < 1.29 is 9.50 Å². The van der Waals surface area contributed by atoms with Crippen LogP contribution >= 0.6 is 11.6 Å². The maximum atomic E-state index is 13.0. The molecular weight excluding hydrogens is 219 g/mol. The minimum absolute atomic E-state index is 0.0821. The molecule has 0 saturated heterocycles. The number of nitrogens with one attached hydrogen (secondary N) is 1. The predicted octanol–water partition coefficient (Wildman–Crippen LogP) is 1.63. The quantitative estimate of drug-likeness (QED) is 0.824. The largest absolute Gasteiger partial charge is 0.395 e. The van der Waals surface area contributed by atoms with E-state index < -0.39 is 11.9 Å². The van der Waals surface area contributed by atoms with E-state index in [2.05, 4.69) is 5.32 Å². The molecule has 1 aromatic rings. The molecule has 1 rings (SSSR count). The lowest BCUT2D eigenvalue weighted by Crippen LogP contribution is -2.23. The highest BCUT2D eigenvalue weighted by Crippen LogP contribution is 2.19. The van der Waals surface area contributed by atoms with Crippen LogP contribution in [0.5, 0.6) is 0 Å². The van der Waals surface area contributed by atoms with Crippen LogP contribution in [-0.2, 0) is 0 Å². The summed E-state index contributed by atoms with van der Waals surface area (Å²) in [6.07, 6.45) is 0. The van der Waals surface area contributed by atoms with Crippen molar-refractivity contribution in [3.05, 3.63) is 34.6 Å². The number of rotatable bonds is 4. The number of aliphatic hydroxyl groups excluding tert-OH is 1. The van der Waals surface area contributed by atoms with Crippen molar-refractivity contribution in [1.29, 1.82) is 5.26 Å². The van der Waals surface area contributed by atoms with E-state index in [0.29, 0.717) is 5.56 Å². The standard InChI is InChI=1S/C10H10ClFN2O/c11-8-3-7(4-9(12)5-8)10(6-13)14-1-2-15/h3-5,10,14-15H,1-2H2. The monoisotopic (exact) mass is 228 g/mol. The fraction of sp³-hybridized carbons (Fsp3) is 0.300. The van der Waals surface area contributed by atoms with Crippen LogP contribution in [0.15, 0.2) is 18.2 Å². The summed E-state index contributed by atoms with van der Waals surface area (Å²) in [5.74, 6) is -0.483. The van der Waals surface area contributed by atoms with E-state index in [0.717, 1.165) is 0 Å². The molecular formula is C10H10ClFN2O. The molecule has 3 nitrogen and oxygen atoms in total. The maximum absolute atomic E-state index is 13.0. The Morgan fingerprint density at radius 2 is 2.27 bits per heavy atom. The zero-order valence-electron chi connectivity index (χ0n) is 7.87. The van der Waals surface area contributed by atoms with Crippen LogP contribution in [0.25, 0.3) is 0 Å². The van der Waals surface area contributed by atoms with Gasteiger partial charge < -0.3 is 5.11 Å². The molecule has 1 aromatic carbocycles. The van der Waals surface area contributed by atoms with Gasteiger partial charge in [0.15, 0.2) is 0 Å². The second kappa shape index (κ2) is 5.66. The van der Waals surface area contributed by atoms with Crippen molar-refractivity contribution in [2.75, 3.05) is 13.2 Å². The molecule has 0 saturated carbocycles. The summed E-state index contributed by atoms with van der Waals surface area (Å²) in [4.78, 5) is 0. The van der Waals surface area contributed by atoms with E-state index in [-0.39, 0.29) is 18.2 Å². The second-order valence-corrected chi connectivity index (χ2v) is 3.38. The number of benzene rings is 1. The zero-order chi connectivity index (χ0) is 11.3. The molecule has 2 N–H and O–H groups in total. The molecule has 5 heteroatoms. The molecule has 0 aliphatic rings. The molecule has 0 radical (unpaired) electrons. The van der Waals surface area contributed by atoms with Gasteiger partial charge in [-0.05, 0) is 23.8 Å². The SMILES string of the molecule is N#CC(NCCO)c1cc(F)cc(Cl)c1. The van der Waals surface area contributed by atoms with Crippen LogP contribution in [0.1, 0.15) is 11.6 Å². The molecule has 0 aliphatic heterocycles. The Kier molecular flexibility index (Phi) is 4.50. The topological polar surface area (TPSA) is 56.0 Å². The Bertz CT molecular complexity index is 358. The number of hydrogen-bond acceptors (Lipinski definition) is 3. The Balaban J connectivity index is 2.87. The number of halogens is 2. The van der Waals surface area contributed by atoms with Crippen molar-refractivity contribution in [2.24, 2.45) is 0 Å². The van der Waals surface area contributed by atoms with E-state index in [1.54, 1.807) is 0 Å². The summed E-state index contributed by atoms with van der Waals surface area (Å²) in [6, 6.07) is 5.23. The van der Waals surface area contributed by atoms with E-state index in [1.165, 1.54) is 18.2 Å². The summed E-state index contributed by atoms with van der Waals surface area (Å²) in [6.45, 7) is 0.188. The number of aliphatic hydroxyl groups is 1. The van der Waals surface area contributed by atoms with Crippen molar-refractivity contribution in [3.8, 4) is 6.07 Å². The third kappa shape index (κ3) is 3.48. The van der Waals surface area contributed by atoms with Gasteiger partial charge in [0.1, 0.15) is 11.9 Å². The predicted molar refractivity (Wildman–Crippen MR) is 54.9 cm³/mol. The van der Waals surface area contributed by atoms with Gasteiger partial charge in [-0.1, -0.05) is 11.6 Å². The minimum Gasteiger partial charge on any atom is -0.395 e. The zero-order valence-corrected chi connectivity index (χ0v) is 8.63. The van der Waals surface area contributed by atoms with Crippen LogP contribution in [0.3, 0.4) is 0 Å². The molecule has 1 atom stereocenters. The van der Waals surface area contributed by atoms with E-state index >= 15 is 0 Å². The van der Waals surface area contributed by atoms with Crippen molar-refractivity contribution in [2.45, 2.75) is 6.04 Å². The van der Waals surface area contributed by atoms with Crippen molar-refractivity contribution >= 4 is 11.6 Å². The van der Waals surface area contributed by atoms with Gasteiger partial charge >= 0.3 is 0 Å². The van der Waals surface area contributed by atoms with E-state index in [1.807, 2.05) is 6.07 Å². The highest BCUT2D eigenvalue weighted by atomic mass is 35.5. The third-order valence-electron chi connectivity index (χ3n) is 1.81. The lowest BCUT2D eigenvalue weighted by atomic mass is 10.1. The highest BCUT2D eigenvalue weighted by molar-refractivity contribution is 6.30. The average Bonchev–Trinajstić information content (AvgIpc) is 2.17. The van der Waals surface area contributed by atoms with Crippen LogP contribution in [-0.4, -0.2) is 18.3 Å². The van der Waals surface area contributed by atoms with Gasteiger partial charge in [0.2, 0.25) is 0 Å². The smallest absolute Gasteiger partial charge is 0.125 e. The van der Waals surface area contributed by atoms with Crippen LogP contribution < -0.4 is 5.32 Å². The number of nitriles is 1. The average molecular weight is 229 g/mol. The van der Waals surface area contributed by atoms with Gasteiger partial charge in [-0.15, -0.1) is 0 Å². The van der Waals surface area contributed by atoms with Crippen molar-refractivity contribution in [3.63, 3.8) is 0 Å². The molecule has 0 amide bonds. The van der Waals surface area contributed by atoms with Gasteiger partial charge in [0.25, 0.3) is 0 Å². The molecule has 0 heterocycles. The highest BCUT2D eigenvalue weighted by Gasteiger charge is 2.11. The van der Waals surface area contributed by atoms with Gasteiger partial charge in [0, 0.05) is 11.6 Å². The Morgan fingerprint density at radius 1 is 1.53 bits per heavy atom. The molecule has 0 aliphatic carbocycles. The first-order valence-corrected chi connectivity index (χ1v) is 4.75. The minimum atomic E-state index is -0.662. The van der Waals surface area contributed by atoms with Crippen molar-refractivity contribution in [1.82, 2.24) is 5.32 Å². The third-order valence-corrected chi connectivity index (χ3v) is 2.03. The van der Waals surface area contributed by atoms with Crippen LogP contribution in [0.2, 0.25) is 5.02 Å². The van der Waals surface area contributed by atoms with Gasteiger partial charge in [0.05, 0.1) is 12.7 Å². The lowest BCUT2D eigenvalue weighted by molar-refractivity contribution is 0.289. The second-order valence-electron chi connectivity index (χ2n) is 2.94. The van der Waals surface area contributed by atoms with Gasteiger partial charge in [-0.2, -0.15) is 5.26 Å². The fourth-order valence-electron chi connectivity index (χ4n) is 1.19.